The number of benzene rings is 1. The first-order valence-electron chi connectivity index (χ1n) is 12.8. The maximum absolute atomic E-state index is 13.5. The predicted molar refractivity (Wildman–Crippen MR) is 138 cm³/mol. The SMILES string of the molecule is COC[C@H](NC(=O)c1cc(CO)on1)C(=O)N[C@@H](Cc1ccccc1)C(=O)N[C@@H](CC(C)C)C(=O)[C@@]1(C)CO1. The normalized spacial score (nSPS) is 18.6. The second kappa shape index (κ2) is 13.5. The molecular weight excluding hydrogens is 508 g/mol. The minimum absolute atomic E-state index is 0.0865. The molecule has 1 saturated heterocycles. The van der Waals surface area contributed by atoms with Crippen molar-refractivity contribution >= 4 is 23.5 Å². The zero-order valence-corrected chi connectivity index (χ0v) is 22.6. The molecule has 1 fully saturated rings. The average Bonchev–Trinajstić information content (AvgIpc) is 3.47. The molecule has 1 aromatic heterocycles. The molecular formula is C27H36N4O8. The molecule has 1 aliphatic rings. The topological polar surface area (TPSA) is 172 Å². The molecule has 39 heavy (non-hydrogen) atoms. The van der Waals surface area contributed by atoms with Gasteiger partial charge in [-0.3, -0.25) is 19.2 Å². The quantitative estimate of drug-likeness (QED) is 0.233. The van der Waals surface area contributed by atoms with Crippen molar-refractivity contribution in [2.24, 2.45) is 5.92 Å². The Labute approximate surface area is 226 Å². The van der Waals surface area contributed by atoms with E-state index in [9.17, 15) is 19.2 Å². The van der Waals surface area contributed by atoms with Gasteiger partial charge < -0.3 is 35.1 Å². The monoisotopic (exact) mass is 544 g/mol. The van der Waals surface area contributed by atoms with E-state index in [0.29, 0.717) is 13.0 Å². The summed E-state index contributed by atoms with van der Waals surface area (Å²) < 4.78 is 15.3. The lowest BCUT2D eigenvalue weighted by Crippen LogP contribution is -2.58. The van der Waals surface area contributed by atoms with E-state index in [1.165, 1.54) is 13.2 Å². The molecule has 4 atom stereocenters. The number of Topliss-reactive ketones (excluding diaryl/α,β-unsaturated/α-hetero) is 1. The zero-order valence-electron chi connectivity index (χ0n) is 22.6. The van der Waals surface area contributed by atoms with E-state index < -0.39 is 48.1 Å². The Hall–Kier alpha value is -3.61. The molecule has 212 valence electrons. The molecule has 4 N–H and O–H groups in total. The summed E-state index contributed by atoms with van der Waals surface area (Å²) in [6.45, 7) is 5.25. The molecule has 2 heterocycles. The van der Waals surface area contributed by atoms with Gasteiger partial charge in [-0.25, -0.2) is 0 Å². The van der Waals surface area contributed by atoms with Gasteiger partial charge in [-0.15, -0.1) is 0 Å². The highest BCUT2D eigenvalue weighted by atomic mass is 16.6. The molecule has 0 radical (unpaired) electrons. The van der Waals surface area contributed by atoms with E-state index >= 15 is 0 Å². The number of aliphatic hydroxyl groups excluding tert-OH is 1. The van der Waals surface area contributed by atoms with Crippen molar-refractivity contribution in [2.45, 2.75) is 63.9 Å². The van der Waals surface area contributed by atoms with Crippen molar-refractivity contribution in [2.75, 3.05) is 20.3 Å². The number of methoxy groups -OCH3 is 1. The van der Waals surface area contributed by atoms with Crippen molar-refractivity contribution in [1.82, 2.24) is 21.1 Å². The number of nitrogens with one attached hydrogen (secondary N) is 3. The fourth-order valence-electron chi connectivity index (χ4n) is 4.00. The van der Waals surface area contributed by atoms with Gasteiger partial charge in [0.2, 0.25) is 11.8 Å². The number of nitrogens with zero attached hydrogens (tertiary/aromatic N) is 1. The molecule has 12 heteroatoms. The van der Waals surface area contributed by atoms with Crippen LogP contribution in [0.1, 0.15) is 49.0 Å². The molecule has 0 spiro atoms. The summed E-state index contributed by atoms with van der Waals surface area (Å²) in [6, 6.07) is 7.33. The summed E-state index contributed by atoms with van der Waals surface area (Å²) in [5, 5.41) is 20.7. The van der Waals surface area contributed by atoms with Crippen molar-refractivity contribution in [3.05, 3.63) is 53.4 Å². The Bertz CT molecular complexity index is 1150. The van der Waals surface area contributed by atoms with Gasteiger partial charge in [-0.2, -0.15) is 0 Å². The van der Waals surface area contributed by atoms with E-state index in [1.807, 2.05) is 44.2 Å². The van der Waals surface area contributed by atoms with Gasteiger partial charge in [0.1, 0.15) is 24.3 Å². The number of epoxide rings is 1. The lowest BCUT2D eigenvalue weighted by Gasteiger charge is -2.26. The molecule has 3 rings (SSSR count). The van der Waals surface area contributed by atoms with Crippen LogP contribution in [0.15, 0.2) is 40.9 Å². The number of rotatable bonds is 15. The Morgan fingerprint density at radius 1 is 1.05 bits per heavy atom. The van der Waals surface area contributed by atoms with Gasteiger partial charge in [0.15, 0.2) is 17.2 Å². The van der Waals surface area contributed by atoms with Gasteiger partial charge in [-0.05, 0) is 24.8 Å². The van der Waals surface area contributed by atoms with Crippen LogP contribution in [0.3, 0.4) is 0 Å². The van der Waals surface area contributed by atoms with Gasteiger partial charge >= 0.3 is 0 Å². The number of ketones is 1. The van der Waals surface area contributed by atoms with E-state index in [0.717, 1.165) is 5.56 Å². The summed E-state index contributed by atoms with van der Waals surface area (Å²) in [5.74, 6) is -1.94. The van der Waals surface area contributed by atoms with Gasteiger partial charge in [-0.1, -0.05) is 49.3 Å². The lowest BCUT2D eigenvalue weighted by atomic mass is 9.93. The van der Waals surface area contributed by atoms with Crippen LogP contribution in [-0.4, -0.2) is 77.8 Å². The molecule has 1 aliphatic heterocycles. The van der Waals surface area contributed by atoms with Crippen LogP contribution in [0.5, 0.6) is 0 Å². The predicted octanol–water partition coefficient (Wildman–Crippen LogP) is 0.528. The summed E-state index contributed by atoms with van der Waals surface area (Å²) >= 11 is 0. The van der Waals surface area contributed by atoms with E-state index in [1.54, 1.807) is 6.92 Å². The van der Waals surface area contributed by atoms with E-state index in [-0.39, 0.29) is 36.2 Å². The molecule has 2 aromatic rings. The third-order valence-corrected chi connectivity index (χ3v) is 6.26. The van der Waals surface area contributed by atoms with Crippen molar-refractivity contribution in [1.29, 1.82) is 0 Å². The molecule has 0 saturated carbocycles. The fourth-order valence-corrected chi connectivity index (χ4v) is 4.00. The fraction of sp³-hybridized carbons (Fsp3) is 0.519. The standard InChI is InChI=1S/C27H36N4O8/c1-16(2)10-19(23(33)27(3)15-38-27)28-24(34)20(11-17-8-6-5-7-9-17)29-26(36)22(14-37-4)30-25(35)21-12-18(13-32)39-31-21/h5-9,12,16,19-20,22,32H,10-11,13-15H2,1-4H3,(H,28,34)(H,29,36)(H,30,35)/t19-,20-,22-,27+/m0/s1. The second-order valence-corrected chi connectivity index (χ2v) is 10.1. The van der Waals surface area contributed by atoms with Gasteiger partial charge in [0.05, 0.1) is 19.3 Å². The highest BCUT2D eigenvalue weighted by Crippen LogP contribution is 2.29. The average molecular weight is 545 g/mol. The highest BCUT2D eigenvalue weighted by molar-refractivity contribution is 5.99. The number of aromatic nitrogens is 1. The number of carbonyl (C=O) groups is 4. The van der Waals surface area contributed by atoms with Gasteiger partial charge in [0.25, 0.3) is 5.91 Å². The van der Waals surface area contributed by atoms with E-state index in [2.05, 4.69) is 21.1 Å². The van der Waals surface area contributed by atoms with Crippen LogP contribution in [0.2, 0.25) is 0 Å². The summed E-state index contributed by atoms with van der Waals surface area (Å²) in [6.07, 6.45) is 0.553. The smallest absolute Gasteiger partial charge is 0.274 e. The Balaban J connectivity index is 1.77. The maximum Gasteiger partial charge on any atom is 0.274 e. The lowest BCUT2D eigenvalue weighted by molar-refractivity contribution is -0.133. The number of aliphatic hydroxyl groups is 1. The van der Waals surface area contributed by atoms with Crippen LogP contribution in [0, 0.1) is 5.92 Å². The molecule has 3 amide bonds. The summed E-state index contributed by atoms with van der Waals surface area (Å²) in [5.41, 5.74) is -0.262. The van der Waals surface area contributed by atoms with Crippen LogP contribution >= 0.6 is 0 Å². The first kappa shape index (κ1) is 29.9. The molecule has 0 aliphatic carbocycles. The first-order valence-corrected chi connectivity index (χ1v) is 12.8. The van der Waals surface area contributed by atoms with Crippen LogP contribution in [0.4, 0.5) is 0 Å². The van der Waals surface area contributed by atoms with Crippen LogP contribution < -0.4 is 16.0 Å². The highest BCUT2D eigenvalue weighted by Gasteiger charge is 2.50. The number of hydrogen-bond acceptors (Lipinski definition) is 9. The van der Waals surface area contributed by atoms with Crippen molar-refractivity contribution < 1.29 is 38.3 Å². The zero-order chi connectivity index (χ0) is 28.6. The largest absolute Gasteiger partial charge is 0.388 e. The summed E-state index contributed by atoms with van der Waals surface area (Å²) in [4.78, 5) is 52.5. The number of hydrogen-bond donors (Lipinski definition) is 4. The number of carbonyl (C=O) groups excluding carboxylic acids is 4. The maximum atomic E-state index is 13.5. The van der Waals surface area contributed by atoms with Gasteiger partial charge in [0, 0.05) is 19.6 Å². The molecule has 1 aromatic carbocycles. The first-order chi connectivity index (χ1) is 18.6. The number of amides is 3. The molecule has 0 bridgehead atoms. The van der Waals surface area contributed by atoms with Crippen LogP contribution in [0.25, 0.3) is 0 Å². The third kappa shape index (κ3) is 8.44. The molecule has 0 unspecified atom stereocenters. The van der Waals surface area contributed by atoms with E-state index in [4.69, 9.17) is 19.1 Å². The minimum Gasteiger partial charge on any atom is -0.388 e. The summed E-state index contributed by atoms with van der Waals surface area (Å²) in [7, 11) is 1.36. The Morgan fingerprint density at radius 3 is 2.26 bits per heavy atom. The van der Waals surface area contributed by atoms with Crippen molar-refractivity contribution in [3.63, 3.8) is 0 Å². The Kier molecular flexibility index (Phi) is 10.3. The van der Waals surface area contributed by atoms with Crippen LogP contribution in [-0.2, 0) is 36.9 Å². The minimum atomic E-state index is -1.17. The Morgan fingerprint density at radius 2 is 1.69 bits per heavy atom. The third-order valence-electron chi connectivity index (χ3n) is 6.26. The second-order valence-electron chi connectivity index (χ2n) is 10.1. The number of ether oxygens (including phenoxy) is 2. The van der Waals surface area contributed by atoms with Crippen molar-refractivity contribution in [3.8, 4) is 0 Å². The molecule has 12 nitrogen and oxygen atoms in total.